The van der Waals surface area contributed by atoms with E-state index in [1.807, 2.05) is 24.3 Å². The van der Waals surface area contributed by atoms with E-state index in [1.165, 1.54) is 19.8 Å². The van der Waals surface area contributed by atoms with Gasteiger partial charge in [-0.25, -0.2) is 0 Å². The third-order valence-electron chi connectivity index (χ3n) is 5.70. The molecule has 0 fully saturated rings. The van der Waals surface area contributed by atoms with Gasteiger partial charge in [-0.1, -0.05) is 32.9 Å². The molecule has 9 nitrogen and oxygen atoms in total. The third-order valence-corrected chi connectivity index (χ3v) is 5.70. The lowest BCUT2D eigenvalue weighted by Crippen LogP contribution is -2.22. The van der Waals surface area contributed by atoms with Crippen LogP contribution in [0.15, 0.2) is 66.7 Å². The van der Waals surface area contributed by atoms with E-state index in [0.717, 1.165) is 5.75 Å². The summed E-state index contributed by atoms with van der Waals surface area (Å²) in [5, 5.41) is 5.33. The van der Waals surface area contributed by atoms with Crippen LogP contribution in [-0.4, -0.2) is 38.6 Å². The van der Waals surface area contributed by atoms with Crippen LogP contribution in [0.5, 0.6) is 23.0 Å². The molecule has 0 bridgehead atoms. The van der Waals surface area contributed by atoms with E-state index < -0.39 is 18.5 Å². The van der Waals surface area contributed by atoms with Crippen molar-refractivity contribution in [1.29, 1.82) is 0 Å². The molecule has 3 aromatic carbocycles. The molecule has 0 aliphatic rings. The Balaban J connectivity index is 1.40. The molecule has 9 heteroatoms. The van der Waals surface area contributed by atoms with Crippen molar-refractivity contribution < 1.29 is 33.3 Å². The second-order valence-corrected chi connectivity index (χ2v) is 9.72. The highest BCUT2D eigenvalue weighted by Crippen LogP contribution is 2.29. The minimum Gasteiger partial charge on any atom is -0.497 e. The fourth-order valence-electron chi connectivity index (χ4n) is 3.52. The highest BCUT2D eigenvalue weighted by Gasteiger charge is 2.14. The van der Waals surface area contributed by atoms with Gasteiger partial charge in [0.15, 0.2) is 6.61 Å². The van der Waals surface area contributed by atoms with Crippen molar-refractivity contribution in [3.05, 3.63) is 72.3 Å². The molecular weight excluding hydrogens is 500 g/mol. The normalized spacial score (nSPS) is 10.8. The maximum Gasteiger partial charge on any atom is 0.306 e. The van der Waals surface area contributed by atoms with Crippen molar-refractivity contribution in [2.75, 3.05) is 31.5 Å². The highest BCUT2D eigenvalue weighted by molar-refractivity contribution is 5.95. The van der Waals surface area contributed by atoms with Crippen LogP contribution in [-0.2, 0) is 24.5 Å². The number of amides is 2. The number of esters is 1. The van der Waals surface area contributed by atoms with E-state index in [1.54, 1.807) is 42.5 Å². The Labute approximate surface area is 228 Å². The first-order valence-corrected chi connectivity index (χ1v) is 12.4. The fourth-order valence-corrected chi connectivity index (χ4v) is 3.52. The topological polar surface area (TPSA) is 112 Å². The van der Waals surface area contributed by atoms with Crippen LogP contribution >= 0.6 is 0 Å². The summed E-state index contributed by atoms with van der Waals surface area (Å²) in [6.07, 6.45) is -0.268. The molecular formula is C30H34N2O7. The minimum atomic E-state index is -0.667. The Morgan fingerprint density at radius 3 is 1.92 bits per heavy atom. The summed E-state index contributed by atoms with van der Waals surface area (Å²) in [6.45, 7) is 5.96. The second kappa shape index (κ2) is 13.3. The van der Waals surface area contributed by atoms with Gasteiger partial charge in [-0.15, -0.1) is 0 Å². The van der Waals surface area contributed by atoms with Crippen LogP contribution in [0.1, 0.15) is 39.2 Å². The quantitative estimate of drug-likeness (QED) is 0.304. The fraction of sp³-hybridized carbons (Fsp3) is 0.300. The maximum absolute atomic E-state index is 12.3. The molecule has 0 unspecified atom stereocenters. The van der Waals surface area contributed by atoms with Gasteiger partial charge in [0, 0.05) is 18.2 Å². The predicted octanol–water partition coefficient (Wildman–Crippen LogP) is 5.69. The molecule has 3 aromatic rings. The number of methoxy groups -OCH3 is 2. The van der Waals surface area contributed by atoms with E-state index >= 15 is 0 Å². The van der Waals surface area contributed by atoms with Crippen molar-refractivity contribution in [3.8, 4) is 23.0 Å². The Kier molecular flexibility index (Phi) is 9.92. The van der Waals surface area contributed by atoms with E-state index in [0.29, 0.717) is 28.6 Å². The maximum atomic E-state index is 12.3. The largest absolute Gasteiger partial charge is 0.497 e. The number of carbonyl (C=O) groups excluding carboxylic acids is 3. The van der Waals surface area contributed by atoms with Crippen LogP contribution < -0.4 is 24.8 Å². The van der Waals surface area contributed by atoms with Crippen LogP contribution in [0, 0.1) is 0 Å². The number of carbonyl (C=O) groups is 3. The number of anilines is 2. The van der Waals surface area contributed by atoms with E-state index in [2.05, 4.69) is 31.4 Å². The van der Waals surface area contributed by atoms with Crippen LogP contribution in [0.4, 0.5) is 11.4 Å². The van der Waals surface area contributed by atoms with Crippen molar-refractivity contribution in [2.45, 2.75) is 39.0 Å². The summed E-state index contributed by atoms with van der Waals surface area (Å²) in [4.78, 5) is 36.5. The number of hydrogen-bond donors (Lipinski definition) is 2. The van der Waals surface area contributed by atoms with Crippen molar-refractivity contribution in [1.82, 2.24) is 0 Å². The number of ether oxygens (including phenoxy) is 4. The second-order valence-electron chi connectivity index (χ2n) is 9.72. The van der Waals surface area contributed by atoms with Gasteiger partial charge in [-0.2, -0.15) is 0 Å². The van der Waals surface area contributed by atoms with E-state index in [4.69, 9.17) is 18.9 Å². The highest BCUT2D eigenvalue weighted by atomic mass is 16.5. The lowest BCUT2D eigenvalue weighted by atomic mass is 9.87. The van der Waals surface area contributed by atoms with Gasteiger partial charge in [0.05, 0.1) is 26.3 Å². The Morgan fingerprint density at radius 1 is 0.718 bits per heavy atom. The summed E-state index contributed by atoms with van der Waals surface area (Å²) in [7, 11) is 2.97. The van der Waals surface area contributed by atoms with Gasteiger partial charge >= 0.3 is 5.97 Å². The monoisotopic (exact) mass is 534 g/mol. The standard InChI is InChI=1S/C30H34N2O7/c1-30(2,3)20-6-10-22(11-7-20)39-23-12-8-21(9-13-23)31-27(33)16-17-29(35)38-19-28(34)32-25-18-24(36-4)14-15-26(25)37-5/h6-15,18H,16-17,19H2,1-5H3,(H,31,33)(H,32,34). The average molecular weight is 535 g/mol. The molecule has 0 atom stereocenters. The lowest BCUT2D eigenvalue weighted by molar-refractivity contribution is -0.147. The zero-order chi connectivity index (χ0) is 28.4. The van der Waals surface area contributed by atoms with E-state index in [9.17, 15) is 14.4 Å². The molecule has 2 amide bonds. The smallest absolute Gasteiger partial charge is 0.306 e. The van der Waals surface area contributed by atoms with Gasteiger partial charge in [0.1, 0.15) is 23.0 Å². The summed E-state index contributed by atoms with van der Waals surface area (Å²) in [6, 6.07) is 19.8. The molecule has 39 heavy (non-hydrogen) atoms. The predicted molar refractivity (Wildman–Crippen MR) is 149 cm³/mol. The number of nitrogens with one attached hydrogen (secondary N) is 2. The Hall–Kier alpha value is -4.53. The SMILES string of the molecule is COc1ccc(OC)c(NC(=O)COC(=O)CCC(=O)Nc2ccc(Oc3ccc(C(C)(C)C)cc3)cc2)c1. The molecule has 0 aromatic heterocycles. The first-order valence-electron chi connectivity index (χ1n) is 12.4. The van der Waals surface area contributed by atoms with Crippen molar-refractivity contribution in [3.63, 3.8) is 0 Å². The summed E-state index contributed by atoms with van der Waals surface area (Å²) >= 11 is 0. The van der Waals surface area contributed by atoms with Crippen LogP contribution in [0.25, 0.3) is 0 Å². The molecule has 2 N–H and O–H groups in total. The molecule has 0 spiro atoms. The van der Waals surface area contributed by atoms with Crippen LogP contribution in [0.3, 0.4) is 0 Å². The average Bonchev–Trinajstić information content (AvgIpc) is 2.91. The molecule has 206 valence electrons. The zero-order valence-electron chi connectivity index (χ0n) is 22.8. The first-order chi connectivity index (χ1) is 18.6. The van der Waals surface area contributed by atoms with Gasteiger partial charge in [-0.3, -0.25) is 14.4 Å². The molecule has 0 heterocycles. The van der Waals surface area contributed by atoms with Gasteiger partial charge < -0.3 is 29.6 Å². The number of hydrogen-bond acceptors (Lipinski definition) is 7. The Bertz CT molecular complexity index is 1280. The van der Waals surface area contributed by atoms with Gasteiger partial charge in [0.2, 0.25) is 5.91 Å². The first kappa shape index (κ1) is 29.0. The molecule has 3 rings (SSSR count). The van der Waals surface area contributed by atoms with Crippen molar-refractivity contribution >= 4 is 29.2 Å². The molecule has 0 saturated heterocycles. The van der Waals surface area contributed by atoms with E-state index in [-0.39, 0.29) is 24.2 Å². The molecule has 0 aliphatic carbocycles. The number of rotatable bonds is 11. The number of benzene rings is 3. The molecule has 0 aliphatic heterocycles. The third kappa shape index (κ3) is 9.07. The summed E-state index contributed by atoms with van der Waals surface area (Å²) < 4.78 is 21.2. The Morgan fingerprint density at radius 2 is 1.33 bits per heavy atom. The van der Waals surface area contributed by atoms with Gasteiger partial charge in [-0.05, 0) is 59.5 Å². The zero-order valence-corrected chi connectivity index (χ0v) is 22.8. The molecule has 0 saturated carbocycles. The van der Waals surface area contributed by atoms with Crippen LogP contribution in [0.2, 0.25) is 0 Å². The summed E-state index contributed by atoms with van der Waals surface area (Å²) in [5.41, 5.74) is 2.23. The van der Waals surface area contributed by atoms with Crippen molar-refractivity contribution in [2.24, 2.45) is 0 Å². The minimum absolute atomic E-state index is 0.0653. The lowest BCUT2D eigenvalue weighted by Gasteiger charge is -2.19. The van der Waals surface area contributed by atoms with Gasteiger partial charge in [0.25, 0.3) is 5.91 Å². The summed E-state index contributed by atoms with van der Waals surface area (Å²) in [5.74, 6) is 0.734. The molecule has 0 radical (unpaired) electrons.